The second-order valence-corrected chi connectivity index (χ2v) is 6.34. The average molecular weight is 409 g/mol. The molecule has 0 radical (unpaired) electrons. The lowest BCUT2D eigenvalue weighted by Gasteiger charge is -2.11. The van der Waals surface area contributed by atoms with Gasteiger partial charge in [0.25, 0.3) is 11.1 Å². The molecule has 10 heteroatoms. The molecule has 9 nitrogen and oxygen atoms in total. The van der Waals surface area contributed by atoms with Crippen molar-refractivity contribution in [1.82, 2.24) is 4.90 Å². The summed E-state index contributed by atoms with van der Waals surface area (Å²) in [4.78, 5) is 48.1. The molecule has 0 atom stereocenters. The molecule has 1 heterocycles. The molecule has 1 aliphatic rings. The molecule has 1 saturated heterocycles. The number of esters is 2. The van der Waals surface area contributed by atoms with Gasteiger partial charge in [-0.05, 0) is 42.5 Å². The van der Waals surface area contributed by atoms with E-state index in [0.717, 1.165) is 4.90 Å². The topological polar surface area (TPSA) is 108 Å². The monoisotopic (exact) mass is 409 g/mol. The largest absolute Gasteiger partial charge is 0.493 e. The summed E-state index contributed by atoms with van der Waals surface area (Å²) in [5, 5.41) is -0.561. The first-order valence-electron chi connectivity index (χ1n) is 8.18. The summed E-state index contributed by atoms with van der Waals surface area (Å²) in [6.07, 6.45) is 1.48. The van der Waals surface area contributed by atoms with Crippen LogP contribution in [0.15, 0.2) is 23.1 Å². The molecule has 150 valence electrons. The molecule has 28 heavy (non-hydrogen) atoms. The Balaban J connectivity index is 2.20. The molecule has 0 unspecified atom stereocenters. The van der Waals surface area contributed by atoms with E-state index in [4.69, 9.17) is 14.2 Å². The number of carbonyl (C=O) groups is 4. The standard InChI is InChI=1S/C18H19NO8S/c1-4-26-16(21)10-27-13-7-11(5-6-12(13)24-2)8-14-17(22)19(18(23)28-14)9-15(20)25-3/h5-8H,4,9-10H2,1-3H3/b14-8-. The number of imide groups is 1. The molecular formula is C18H19NO8S. The number of carbonyl (C=O) groups excluding carboxylic acids is 4. The van der Waals surface area contributed by atoms with Crippen LogP contribution in [-0.4, -0.2) is 62.0 Å². The Hall–Kier alpha value is -3.01. The molecular weight excluding hydrogens is 390 g/mol. The van der Waals surface area contributed by atoms with Gasteiger partial charge in [-0.3, -0.25) is 19.3 Å². The van der Waals surface area contributed by atoms with E-state index in [2.05, 4.69) is 4.74 Å². The predicted octanol–water partition coefficient (Wildman–Crippen LogP) is 1.85. The fraction of sp³-hybridized carbons (Fsp3) is 0.333. The molecule has 0 bridgehead atoms. The highest BCUT2D eigenvalue weighted by Gasteiger charge is 2.36. The Labute approximate surface area is 165 Å². The summed E-state index contributed by atoms with van der Waals surface area (Å²) < 4.78 is 19.9. The minimum atomic E-state index is -0.692. The lowest BCUT2D eigenvalue weighted by molar-refractivity contribution is -0.145. The third-order valence-electron chi connectivity index (χ3n) is 3.52. The average Bonchev–Trinajstić information content (AvgIpc) is 2.94. The Bertz CT molecular complexity index is 820. The molecule has 0 aromatic heterocycles. The molecule has 0 N–H and O–H groups in total. The van der Waals surface area contributed by atoms with Gasteiger partial charge < -0.3 is 18.9 Å². The number of hydrogen-bond donors (Lipinski definition) is 0. The molecule has 0 aliphatic carbocycles. The summed E-state index contributed by atoms with van der Waals surface area (Å²) in [7, 11) is 2.62. The molecule has 1 aromatic carbocycles. The lowest BCUT2D eigenvalue weighted by Crippen LogP contribution is -2.34. The zero-order chi connectivity index (χ0) is 20.7. The number of nitrogens with zero attached hydrogens (tertiary/aromatic N) is 1. The zero-order valence-electron chi connectivity index (χ0n) is 15.6. The van der Waals surface area contributed by atoms with Gasteiger partial charge in [-0.15, -0.1) is 0 Å². The van der Waals surface area contributed by atoms with Crippen molar-refractivity contribution in [3.8, 4) is 11.5 Å². The SMILES string of the molecule is CCOC(=O)COc1cc(/C=C2\SC(=O)N(CC(=O)OC)C2=O)ccc1OC. The smallest absolute Gasteiger partial charge is 0.344 e. The van der Waals surface area contributed by atoms with E-state index in [9.17, 15) is 19.2 Å². The quantitative estimate of drug-likeness (QED) is 0.469. The van der Waals surface area contributed by atoms with Crippen LogP contribution in [0.25, 0.3) is 6.08 Å². The number of thioether (sulfide) groups is 1. The Morgan fingerprint density at radius 1 is 1.14 bits per heavy atom. The van der Waals surface area contributed by atoms with Crippen LogP contribution in [-0.2, 0) is 23.9 Å². The van der Waals surface area contributed by atoms with Gasteiger partial charge in [-0.1, -0.05) is 6.07 Å². The number of ether oxygens (including phenoxy) is 4. The maximum Gasteiger partial charge on any atom is 0.344 e. The van der Waals surface area contributed by atoms with Crippen LogP contribution < -0.4 is 9.47 Å². The van der Waals surface area contributed by atoms with Gasteiger partial charge in [0.05, 0.1) is 25.7 Å². The second-order valence-electron chi connectivity index (χ2n) is 5.35. The maximum atomic E-state index is 12.4. The zero-order valence-corrected chi connectivity index (χ0v) is 16.4. The first-order valence-corrected chi connectivity index (χ1v) is 8.99. The minimum absolute atomic E-state index is 0.149. The minimum Gasteiger partial charge on any atom is -0.493 e. The summed E-state index contributed by atoms with van der Waals surface area (Å²) in [5.74, 6) is -1.15. The number of benzene rings is 1. The number of hydrogen-bond acceptors (Lipinski definition) is 9. The van der Waals surface area contributed by atoms with Crippen LogP contribution >= 0.6 is 11.8 Å². The van der Waals surface area contributed by atoms with Gasteiger partial charge in [0.1, 0.15) is 6.54 Å². The molecule has 2 amide bonds. The normalized spacial score (nSPS) is 15.0. The van der Waals surface area contributed by atoms with Crippen molar-refractivity contribution in [1.29, 1.82) is 0 Å². The predicted molar refractivity (Wildman–Crippen MR) is 99.8 cm³/mol. The van der Waals surface area contributed by atoms with Crippen LogP contribution in [0.1, 0.15) is 12.5 Å². The van der Waals surface area contributed by atoms with Gasteiger partial charge in [0.2, 0.25) is 0 Å². The van der Waals surface area contributed by atoms with E-state index < -0.39 is 29.6 Å². The summed E-state index contributed by atoms with van der Waals surface area (Å²) >= 11 is 0.714. The molecule has 1 fully saturated rings. The van der Waals surface area contributed by atoms with Gasteiger partial charge in [0.15, 0.2) is 18.1 Å². The van der Waals surface area contributed by atoms with Crippen LogP contribution in [0, 0.1) is 0 Å². The second kappa shape index (κ2) is 9.79. The van der Waals surface area contributed by atoms with Crippen LogP contribution in [0.4, 0.5) is 4.79 Å². The third-order valence-corrected chi connectivity index (χ3v) is 4.43. The molecule has 2 rings (SSSR count). The van der Waals surface area contributed by atoms with Crippen LogP contribution in [0.5, 0.6) is 11.5 Å². The molecule has 0 spiro atoms. The van der Waals surface area contributed by atoms with Gasteiger partial charge >= 0.3 is 11.9 Å². The number of amides is 2. The summed E-state index contributed by atoms with van der Waals surface area (Å²) in [6, 6.07) is 4.82. The highest BCUT2D eigenvalue weighted by Crippen LogP contribution is 2.34. The highest BCUT2D eigenvalue weighted by molar-refractivity contribution is 8.18. The molecule has 1 aliphatic heterocycles. The highest BCUT2D eigenvalue weighted by atomic mass is 32.2. The summed E-state index contributed by atoms with van der Waals surface area (Å²) in [6.45, 7) is 1.17. The van der Waals surface area contributed by atoms with E-state index in [-0.39, 0.29) is 23.9 Å². The Kier molecular flexibility index (Phi) is 7.44. The van der Waals surface area contributed by atoms with E-state index in [1.807, 2.05) is 0 Å². The van der Waals surface area contributed by atoms with Gasteiger partial charge in [-0.2, -0.15) is 0 Å². The fourth-order valence-corrected chi connectivity index (χ4v) is 3.05. The lowest BCUT2D eigenvalue weighted by atomic mass is 10.2. The third kappa shape index (κ3) is 5.26. The van der Waals surface area contributed by atoms with E-state index in [0.29, 0.717) is 23.1 Å². The molecule has 1 aromatic rings. The van der Waals surface area contributed by atoms with Crippen molar-refractivity contribution in [3.05, 3.63) is 28.7 Å². The van der Waals surface area contributed by atoms with Crippen molar-refractivity contribution in [2.75, 3.05) is 34.0 Å². The summed E-state index contributed by atoms with van der Waals surface area (Å²) in [5.41, 5.74) is 0.545. The number of rotatable bonds is 8. The van der Waals surface area contributed by atoms with Crippen molar-refractivity contribution in [2.45, 2.75) is 6.92 Å². The van der Waals surface area contributed by atoms with E-state index in [1.165, 1.54) is 20.3 Å². The maximum absolute atomic E-state index is 12.4. The van der Waals surface area contributed by atoms with Crippen molar-refractivity contribution >= 4 is 40.9 Å². The first-order chi connectivity index (χ1) is 13.4. The van der Waals surface area contributed by atoms with Gasteiger partial charge in [-0.25, -0.2) is 4.79 Å². The molecule has 0 saturated carbocycles. The van der Waals surface area contributed by atoms with Crippen LogP contribution in [0.2, 0.25) is 0 Å². The first kappa shape index (κ1) is 21.3. The van der Waals surface area contributed by atoms with E-state index in [1.54, 1.807) is 25.1 Å². The number of methoxy groups -OCH3 is 2. The van der Waals surface area contributed by atoms with Gasteiger partial charge in [0, 0.05) is 0 Å². The van der Waals surface area contributed by atoms with Crippen molar-refractivity contribution in [2.24, 2.45) is 0 Å². The van der Waals surface area contributed by atoms with Crippen molar-refractivity contribution < 1.29 is 38.1 Å². The Morgan fingerprint density at radius 3 is 2.54 bits per heavy atom. The fourth-order valence-electron chi connectivity index (χ4n) is 2.22. The van der Waals surface area contributed by atoms with Crippen molar-refractivity contribution in [3.63, 3.8) is 0 Å². The Morgan fingerprint density at radius 2 is 1.89 bits per heavy atom. The van der Waals surface area contributed by atoms with Crippen LogP contribution in [0.3, 0.4) is 0 Å². The van der Waals surface area contributed by atoms with E-state index >= 15 is 0 Å².